The van der Waals surface area contributed by atoms with Crippen molar-refractivity contribution in [2.45, 2.75) is 11.3 Å². The summed E-state index contributed by atoms with van der Waals surface area (Å²) in [6.45, 7) is 0.00237. The van der Waals surface area contributed by atoms with Gasteiger partial charge in [0.1, 0.15) is 0 Å². The van der Waals surface area contributed by atoms with Crippen LogP contribution in [0.3, 0.4) is 0 Å². The standard InChI is InChI=1S/C19H19NO5S2/c1-26-18-6-4-3-5-15(18)19(22)25-12-17(21)14-7-8-16-13(11-14)9-10-20(16)27(2,23)24/h3-8,11H,9-10,12H2,1-2H3. The Balaban J connectivity index is 1.70. The van der Waals surface area contributed by atoms with Crippen molar-refractivity contribution < 1.29 is 22.7 Å². The summed E-state index contributed by atoms with van der Waals surface area (Å²) in [5.41, 5.74) is 2.22. The van der Waals surface area contributed by atoms with Gasteiger partial charge in [-0.05, 0) is 48.6 Å². The molecule has 1 heterocycles. The van der Waals surface area contributed by atoms with Gasteiger partial charge in [-0.2, -0.15) is 0 Å². The molecule has 0 fully saturated rings. The van der Waals surface area contributed by atoms with Gasteiger partial charge in [-0.15, -0.1) is 11.8 Å². The lowest BCUT2D eigenvalue weighted by atomic mass is 10.1. The van der Waals surface area contributed by atoms with E-state index in [2.05, 4.69) is 0 Å². The third-order valence-electron chi connectivity index (χ3n) is 4.32. The predicted octanol–water partition coefficient (Wildman–Crippen LogP) is 2.77. The molecule has 0 N–H and O–H groups in total. The number of carbonyl (C=O) groups excluding carboxylic acids is 2. The van der Waals surface area contributed by atoms with Gasteiger partial charge in [-0.1, -0.05) is 12.1 Å². The smallest absolute Gasteiger partial charge is 0.339 e. The molecule has 27 heavy (non-hydrogen) atoms. The Bertz CT molecular complexity index is 1000. The van der Waals surface area contributed by atoms with Crippen LogP contribution in [0.2, 0.25) is 0 Å². The van der Waals surface area contributed by atoms with Crippen LogP contribution in [-0.2, 0) is 21.2 Å². The fourth-order valence-electron chi connectivity index (χ4n) is 2.99. The molecule has 142 valence electrons. The number of hydrogen-bond donors (Lipinski definition) is 0. The minimum absolute atomic E-state index is 0.328. The fraction of sp³-hybridized carbons (Fsp3) is 0.263. The van der Waals surface area contributed by atoms with Crippen LogP contribution in [0.4, 0.5) is 5.69 Å². The minimum atomic E-state index is -3.33. The second kappa shape index (κ2) is 7.74. The Morgan fingerprint density at radius 1 is 1.19 bits per heavy atom. The van der Waals surface area contributed by atoms with Gasteiger partial charge in [-0.3, -0.25) is 9.10 Å². The molecule has 2 aromatic carbocycles. The summed E-state index contributed by atoms with van der Waals surface area (Å²) >= 11 is 1.43. The molecule has 1 aliphatic heterocycles. The summed E-state index contributed by atoms with van der Waals surface area (Å²) < 4.78 is 30.1. The molecule has 0 atom stereocenters. The second-order valence-corrected chi connectivity index (χ2v) is 8.88. The number of anilines is 1. The molecule has 0 aromatic heterocycles. The zero-order chi connectivity index (χ0) is 19.6. The third kappa shape index (κ3) is 4.17. The van der Waals surface area contributed by atoms with E-state index in [0.717, 1.165) is 16.7 Å². The van der Waals surface area contributed by atoms with Crippen molar-refractivity contribution >= 4 is 39.2 Å². The Hall–Kier alpha value is -2.32. The highest BCUT2D eigenvalue weighted by Crippen LogP contribution is 2.30. The predicted molar refractivity (Wildman–Crippen MR) is 105 cm³/mol. The Labute approximate surface area is 162 Å². The zero-order valence-corrected chi connectivity index (χ0v) is 16.6. The SMILES string of the molecule is CSc1ccccc1C(=O)OCC(=O)c1ccc2c(c1)CCN2S(C)(=O)=O. The number of esters is 1. The monoisotopic (exact) mass is 405 g/mol. The molecule has 1 aliphatic rings. The van der Waals surface area contributed by atoms with E-state index >= 15 is 0 Å². The first-order valence-electron chi connectivity index (χ1n) is 8.25. The van der Waals surface area contributed by atoms with Crippen LogP contribution >= 0.6 is 11.8 Å². The van der Waals surface area contributed by atoms with Crippen molar-refractivity contribution in [3.63, 3.8) is 0 Å². The van der Waals surface area contributed by atoms with Crippen LogP contribution in [0.25, 0.3) is 0 Å². The summed E-state index contributed by atoms with van der Waals surface area (Å²) in [7, 11) is -3.33. The van der Waals surface area contributed by atoms with E-state index in [1.54, 1.807) is 30.3 Å². The number of sulfonamides is 1. The average molecular weight is 405 g/mol. The summed E-state index contributed by atoms with van der Waals surface area (Å²) in [6.07, 6.45) is 3.57. The number of nitrogens with zero attached hydrogens (tertiary/aromatic N) is 1. The second-order valence-electron chi connectivity index (χ2n) is 6.13. The summed E-state index contributed by atoms with van der Waals surface area (Å²) in [5.74, 6) is -0.872. The number of rotatable bonds is 6. The molecule has 8 heteroatoms. The van der Waals surface area contributed by atoms with Gasteiger partial charge in [-0.25, -0.2) is 13.2 Å². The minimum Gasteiger partial charge on any atom is -0.454 e. The topological polar surface area (TPSA) is 80.8 Å². The number of benzene rings is 2. The lowest BCUT2D eigenvalue weighted by Gasteiger charge is -2.16. The van der Waals surface area contributed by atoms with Crippen LogP contribution in [0.15, 0.2) is 47.4 Å². The molecular formula is C19H19NO5S2. The first kappa shape index (κ1) is 19.4. The first-order chi connectivity index (χ1) is 12.8. The quantitative estimate of drug-likeness (QED) is 0.418. The Morgan fingerprint density at radius 2 is 1.93 bits per heavy atom. The van der Waals surface area contributed by atoms with Gasteiger partial charge in [0.15, 0.2) is 12.4 Å². The Morgan fingerprint density at radius 3 is 2.63 bits per heavy atom. The van der Waals surface area contributed by atoms with E-state index in [0.29, 0.717) is 29.8 Å². The van der Waals surface area contributed by atoms with Crippen molar-refractivity contribution in [2.75, 3.05) is 30.0 Å². The van der Waals surface area contributed by atoms with E-state index in [1.165, 1.54) is 16.1 Å². The summed E-state index contributed by atoms with van der Waals surface area (Å²) in [5, 5.41) is 0. The van der Waals surface area contributed by atoms with Gasteiger partial charge < -0.3 is 4.74 Å². The van der Waals surface area contributed by atoms with Gasteiger partial charge in [0.25, 0.3) is 0 Å². The fourth-order valence-corrected chi connectivity index (χ4v) is 4.54. The molecule has 0 aliphatic carbocycles. The van der Waals surface area contributed by atoms with E-state index < -0.39 is 16.0 Å². The molecule has 2 aromatic rings. The van der Waals surface area contributed by atoms with Crippen LogP contribution in [0.5, 0.6) is 0 Å². The van der Waals surface area contributed by atoms with E-state index in [-0.39, 0.29) is 12.4 Å². The average Bonchev–Trinajstić information content (AvgIpc) is 3.09. The zero-order valence-electron chi connectivity index (χ0n) is 15.0. The van der Waals surface area contributed by atoms with E-state index in [1.807, 2.05) is 18.4 Å². The van der Waals surface area contributed by atoms with Gasteiger partial charge in [0.05, 0.1) is 17.5 Å². The van der Waals surface area contributed by atoms with Crippen LogP contribution in [-0.4, -0.2) is 45.8 Å². The number of fused-ring (bicyclic) bond motifs is 1. The highest BCUT2D eigenvalue weighted by molar-refractivity contribution is 7.98. The molecule has 0 amide bonds. The molecular weight excluding hydrogens is 386 g/mol. The van der Waals surface area contributed by atoms with Gasteiger partial charge in [0, 0.05) is 17.0 Å². The van der Waals surface area contributed by atoms with Crippen molar-refractivity contribution in [1.82, 2.24) is 0 Å². The highest BCUT2D eigenvalue weighted by atomic mass is 32.2. The molecule has 0 spiro atoms. The number of ether oxygens (including phenoxy) is 1. The number of hydrogen-bond acceptors (Lipinski definition) is 6. The van der Waals surface area contributed by atoms with Gasteiger partial charge >= 0.3 is 5.97 Å². The molecule has 0 bridgehead atoms. The van der Waals surface area contributed by atoms with Gasteiger partial charge in [0.2, 0.25) is 10.0 Å². The molecule has 3 rings (SSSR count). The first-order valence-corrected chi connectivity index (χ1v) is 11.3. The number of carbonyl (C=O) groups is 2. The molecule has 0 radical (unpaired) electrons. The lowest BCUT2D eigenvalue weighted by Crippen LogP contribution is -2.27. The van der Waals surface area contributed by atoms with Crippen LogP contribution in [0.1, 0.15) is 26.3 Å². The Kier molecular flexibility index (Phi) is 5.57. The van der Waals surface area contributed by atoms with Crippen molar-refractivity contribution in [3.8, 4) is 0 Å². The molecule has 0 saturated heterocycles. The molecule has 0 unspecified atom stereocenters. The number of ketones is 1. The maximum Gasteiger partial charge on any atom is 0.339 e. The lowest BCUT2D eigenvalue weighted by molar-refractivity contribution is 0.0471. The van der Waals surface area contributed by atoms with Crippen molar-refractivity contribution in [3.05, 3.63) is 59.2 Å². The normalized spacial score (nSPS) is 13.3. The summed E-state index contributed by atoms with van der Waals surface area (Å²) in [6, 6.07) is 11.9. The molecule has 0 saturated carbocycles. The maximum atomic E-state index is 12.4. The highest BCUT2D eigenvalue weighted by Gasteiger charge is 2.27. The number of Topliss-reactive ketones (excluding diaryl/α,β-unsaturated/α-hetero) is 1. The number of thioether (sulfide) groups is 1. The van der Waals surface area contributed by atoms with Crippen LogP contribution in [0, 0.1) is 0 Å². The van der Waals surface area contributed by atoms with Crippen molar-refractivity contribution in [1.29, 1.82) is 0 Å². The van der Waals surface area contributed by atoms with E-state index in [4.69, 9.17) is 4.74 Å². The van der Waals surface area contributed by atoms with Crippen LogP contribution < -0.4 is 4.31 Å². The third-order valence-corrected chi connectivity index (χ3v) is 6.29. The largest absolute Gasteiger partial charge is 0.454 e. The maximum absolute atomic E-state index is 12.4. The van der Waals surface area contributed by atoms with Crippen molar-refractivity contribution in [2.24, 2.45) is 0 Å². The van der Waals surface area contributed by atoms with E-state index in [9.17, 15) is 18.0 Å². The molecule has 6 nitrogen and oxygen atoms in total. The summed E-state index contributed by atoms with van der Waals surface area (Å²) in [4.78, 5) is 25.4.